The van der Waals surface area contributed by atoms with E-state index in [2.05, 4.69) is 10.4 Å². The maximum absolute atomic E-state index is 12.6. The molecular weight excluding hydrogens is 366 g/mol. The molecule has 0 bridgehead atoms. The van der Waals surface area contributed by atoms with E-state index in [9.17, 15) is 14.7 Å². The Labute approximate surface area is 170 Å². The SMILES string of the molecule is Cc1c(C(=O)NCC(Cc2cccc3ccccc23)C(=O)O)cnn1C(C)(C)C. The Kier molecular flexibility index (Phi) is 5.73. The topological polar surface area (TPSA) is 84.2 Å². The van der Waals surface area contributed by atoms with Gasteiger partial charge in [-0.2, -0.15) is 5.10 Å². The highest BCUT2D eigenvalue weighted by Gasteiger charge is 2.24. The Morgan fingerprint density at radius 1 is 1.14 bits per heavy atom. The van der Waals surface area contributed by atoms with Crippen molar-refractivity contribution in [3.8, 4) is 0 Å². The minimum absolute atomic E-state index is 0.0531. The quantitative estimate of drug-likeness (QED) is 0.668. The van der Waals surface area contributed by atoms with Gasteiger partial charge in [0.1, 0.15) is 0 Å². The molecule has 2 aromatic carbocycles. The van der Waals surface area contributed by atoms with Crippen LogP contribution in [0.25, 0.3) is 10.8 Å². The standard InChI is InChI=1S/C23H27N3O3/c1-15-20(14-25-26(15)23(2,3)4)21(27)24-13-18(22(28)29)12-17-10-7-9-16-8-5-6-11-19(16)17/h5-11,14,18H,12-13H2,1-4H3,(H,24,27)(H,28,29). The van der Waals surface area contributed by atoms with Gasteiger partial charge in [0.2, 0.25) is 0 Å². The molecule has 0 spiro atoms. The molecule has 29 heavy (non-hydrogen) atoms. The van der Waals surface area contributed by atoms with Crippen LogP contribution in [-0.2, 0) is 16.8 Å². The van der Waals surface area contributed by atoms with E-state index in [1.807, 2.05) is 70.2 Å². The summed E-state index contributed by atoms with van der Waals surface area (Å²) in [6, 6.07) is 13.8. The third-order valence-electron chi connectivity index (χ3n) is 5.09. The first-order valence-electron chi connectivity index (χ1n) is 9.71. The number of hydrogen-bond donors (Lipinski definition) is 2. The van der Waals surface area contributed by atoms with Crippen LogP contribution in [0.2, 0.25) is 0 Å². The lowest BCUT2D eigenvalue weighted by Crippen LogP contribution is -2.34. The molecule has 2 N–H and O–H groups in total. The predicted octanol–water partition coefficient (Wildman–Crippen LogP) is 3.77. The van der Waals surface area contributed by atoms with Gasteiger partial charge in [-0.3, -0.25) is 14.3 Å². The van der Waals surface area contributed by atoms with Crippen LogP contribution in [-0.4, -0.2) is 33.3 Å². The van der Waals surface area contributed by atoms with Crippen molar-refractivity contribution >= 4 is 22.6 Å². The number of aromatic nitrogens is 2. The summed E-state index contributed by atoms with van der Waals surface area (Å²) in [4.78, 5) is 24.5. The van der Waals surface area contributed by atoms with Crippen molar-refractivity contribution in [3.05, 3.63) is 65.5 Å². The second kappa shape index (κ2) is 8.07. The van der Waals surface area contributed by atoms with E-state index in [-0.39, 0.29) is 18.0 Å². The number of amides is 1. The van der Waals surface area contributed by atoms with Crippen molar-refractivity contribution in [2.45, 2.75) is 39.7 Å². The second-order valence-electron chi connectivity index (χ2n) is 8.31. The summed E-state index contributed by atoms with van der Waals surface area (Å²) in [7, 11) is 0. The minimum atomic E-state index is -0.930. The number of nitrogens with one attached hydrogen (secondary N) is 1. The molecule has 152 valence electrons. The first-order chi connectivity index (χ1) is 13.7. The third kappa shape index (κ3) is 4.47. The number of carboxylic acid groups (broad SMARTS) is 1. The van der Waals surface area contributed by atoms with Crippen LogP contribution in [0.5, 0.6) is 0 Å². The molecule has 0 fully saturated rings. The summed E-state index contributed by atoms with van der Waals surface area (Å²) in [6.07, 6.45) is 1.88. The average molecular weight is 393 g/mol. The molecule has 1 heterocycles. The molecule has 0 saturated carbocycles. The monoisotopic (exact) mass is 393 g/mol. The molecule has 0 saturated heterocycles. The van der Waals surface area contributed by atoms with Crippen LogP contribution >= 0.6 is 0 Å². The third-order valence-corrected chi connectivity index (χ3v) is 5.09. The highest BCUT2D eigenvalue weighted by molar-refractivity contribution is 5.95. The predicted molar refractivity (Wildman–Crippen MR) is 113 cm³/mol. The zero-order valence-electron chi connectivity index (χ0n) is 17.3. The van der Waals surface area contributed by atoms with E-state index < -0.39 is 11.9 Å². The van der Waals surface area contributed by atoms with Gasteiger partial charge >= 0.3 is 5.97 Å². The zero-order valence-corrected chi connectivity index (χ0v) is 17.3. The Bertz CT molecular complexity index is 1040. The molecule has 6 heteroatoms. The van der Waals surface area contributed by atoms with Gasteiger partial charge in [0.15, 0.2) is 0 Å². The van der Waals surface area contributed by atoms with Crippen LogP contribution in [0.3, 0.4) is 0 Å². The van der Waals surface area contributed by atoms with E-state index in [1.165, 1.54) is 6.20 Å². The largest absolute Gasteiger partial charge is 0.481 e. The van der Waals surface area contributed by atoms with Crippen molar-refractivity contribution in [3.63, 3.8) is 0 Å². The molecule has 0 radical (unpaired) electrons. The normalized spacial score (nSPS) is 12.7. The van der Waals surface area contributed by atoms with Crippen LogP contribution in [0.15, 0.2) is 48.7 Å². The number of carbonyl (C=O) groups is 2. The van der Waals surface area contributed by atoms with Crippen molar-refractivity contribution < 1.29 is 14.7 Å². The molecule has 1 amide bonds. The summed E-state index contributed by atoms with van der Waals surface area (Å²) in [5.41, 5.74) is 1.95. The number of hydrogen-bond acceptors (Lipinski definition) is 3. The van der Waals surface area contributed by atoms with E-state index in [4.69, 9.17) is 0 Å². The fourth-order valence-corrected chi connectivity index (χ4v) is 3.60. The van der Waals surface area contributed by atoms with Gasteiger partial charge in [-0.1, -0.05) is 42.5 Å². The van der Waals surface area contributed by atoms with Crippen LogP contribution in [0, 0.1) is 12.8 Å². The fourth-order valence-electron chi connectivity index (χ4n) is 3.60. The maximum atomic E-state index is 12.6. The van der Waals surface area contributed by atoms with Gasteiger partial charge in [-0.15, -0.1) is 0 Å². The van der Waals surface area contributed by atoms with Crippen molar-refractivity contribution in [1.82, 2.24) is 15.1 Å². The van der Waals surface area contributed by atoms with E-state index >= 15 is 0 Å². The second-order valence-corrected chi connectivity index (χ2v) is 8.31. The van der Waals surface area contributed by atoms with E-state index in [0.29, 0.717) is 12.0 Å². The first kappa shape index (κ1) is 20.6. The molecule has 3 aromatic rings. The molecule has 0 aliphatic heterocycles. The highest BCUT2D eigenvalue weighted by atomic mass is 16.4. The molecule has 1 atom stereocenters. The van der Waals surface area contributed by atoms with Crippen molar-refractivity contribution in [1.29, 1.82) is 0 Å². The number of aliphatic carboxylic acids is 1. The summed E-state index contributed by atoms with van der Waals surface area (Å²) in [5.74, 6) is -1.95. The molecule has 3 rings (SSSR count). The van der Waals surface area contributed by atoms with E-state index in [0.717, 1.165) is 22.0 Å². The zero-order chi connectivity index (χ0) is 21.2. The Balaban J connectivity index is 1.74. The van der Waals surface area contributed by atoms with Crippen molar-refractivity contribution in [2.75, 3.05) is 6.54 Å². The van der Waals surface area contributed by atoms with Crippen LogP contribution in [0.4, 0.5) is 0 Å². The molecule has 1 aromatic heterocycles. The van der Waals surface area contributed by atoms with Gasteiger partial charge in [0.25, 0.3) is 5.91 Å². The lowest BCUT2D eigenvalue weighted by atomic mass is 9.94. The molecule has 0 aliphatic carbocycles. The summed E-state index contributed by atoms with van der Waals surface area (Å²) in [5, 5.41) is 18.9. The molecule has 6 nitrogen and oxygen atoms in total. The van der Waals surface area contributed by atoms with Crippen molar-refractivity contribution in [2.24, 2.45) is 5.92 Å². The number of carboxylic acids is 1. The Morgan fingerprint density at radius 3 is 2.48 bits per heavy atom. The summed E-state index contributed by atoms with van der Waals surface area (Å²) in [6.45, 7) is 7.94. The first-order valence-corrected chi connectivity index (χ1v) is 9.71. The molecule has 1 unspecified atom stereocenters. The number of carbonyl (C=O) groups excluding carboxylic acids is 1. The average Bonchev–Trinajstić information content (AvgIpc) is 3.06. The van der Waals surface area contributed by atoms with Gasteiger partial charge in [-0.05, 0) is 50.5 Å². The number of fused-ring (bicyclic) bond motifs is 1. The maximum Gasteiger partial charge on any atom is 0.308 e. The van der Waals surface area contributed by atoms with Crippen LogP contribution in [0.1, 0.15) is 42.4 Å². The Hall–Kier alpha value is -3.15. The summed E-state index contributed by atoms with van der Waals surface area (Å²) >= 11 is 0. The Morgan fingerprint density at radius 2 is 1.83 bits per heavy atom. The van der Waals surface area contributed by atoms with Gasteiger partial charge in [0.05, 0.1) is 23.2 Å². The van der Waals surface area contributed by atoms with Gasteiger partial charge in [0, 0.05) is 12.2 Å². The lowest BCUT2D eigenvalue weighted by Gasteiger charge is -2.21. The highest BCUT2D eigenvalue weighted by Crippen LogP contribution is 2.22. The van der Waals surface area contributed by atoms with Crippen LogP contribution < -0.4 is 5.32 Å². The summed E-state index contributed by atoms with van der Waals surface area (Å²) < 4.78 is 1.80. The van der Waals surface area contributed by atoms with E-state index in [1.54, 1.807) is 4.68 Å². The van der Waals surface area contributed by atoms with Gasteiger partial charge < -0.3 is 10.4 Å². The lowest BCUT2D eigenvalue weighted by molar-refractivity contribution is -0.141. The number of nitrogens with zero attached hydrogens (tertiary/aromatic N) is 2. The fraction of sp³-hybridized carbons (Fsp3) is 0.348. The minimum Gasteiger partial charge on any atom is -0.481 e. The number of benzene rings is 2. The smallest absolute Gasteiger partial charge is 0.308 e. The number of rotatable bonds is 6. The molecule has 0 aliphatic rings. The van der Waals surface area contributed by atoms with Gasteiger partial charge in [-0.25, -0.2) is 0 Å². The molecular formula is C23H27N3O3.